The number of aliphatic hydroxyl groups excluding tert-OH is 1. The summed E-state index contributed by atoms with van der Waals surface area (Å²) in [5.41, 5.74) is 5.30. The molecule has 0 aliphatic carbocycles. The number of hydrogen-bond acceptors (Lipinski definition) is 6. The van der Waals surface area contributed by atoms with Gasteiger partial charge in [0, 0.05) is 49.9 Å². The van der Waals surface area contributed by atoms with Gasteiger partial charge in [0.1, 0.15) is 6.04 Å². The third-order valence-corrected chi connectivity index (χ3v) is 6.26. The first-order valence-corrected chi connectivity index (χ1v) is 12.0. The topological polar surface area (TPSA) is 111 Å². The van der Waals surface area contributed by atoms with Crippen LogP contribution in [0.5, 0.6) is 0 Å². The number of carbonyl (C=O) groups excluding carboxylic acids is 2. The van der Waals surface area contributed by atoms with E-state index in [2.05, 4.69) is 10.6 Å². The Labute approximate surface area is 220 Å². The number of amides is 2. The van der Waals surface area contributed by atoms with Gasteiger partial charge in [-0.25, -0.2) is 8.78 Å². The van der Waals surface area contributed by atoms with Gasteiger partial charge in [-0.3, -0.25) is 14.5 Å². The summed E-state index contributed by atoms with van der Waals surface area (Å²) in [6.07, 6.45) is -5.15. The molecule has 8 nitrogen and oxygen atoms in total. The summed E-state index contributed by atoms with van der Waals surface area (Å²) in [7, 11) is 0. The molecule has 0 aromatic heterocycles. The quantitative estimate of drug-likeness (QED) is 0.349. The van der Waals surface area contributed by atoms with Crippen molar-refractivity contribution in [1.29, 1.82) is 0 Å². The van der Waals surface area contributed by atoms with Crippen molar-refractivity contribution in [2.24, 2.45) is 5.73 Å². The number of hydrogen-bond donors (Lipinski definition) is 4. The lowest BCUT2D eigenvalue weighted by Crippen LogP contribution is -2.47. The Kier molecular flexibility index (Phi) is 9.88. The van der Waals surface area contributed by atoms with E-state index >= 15 is 0 Å². The second-order valence-electron chi connectivity index (χ2n) is 8.72. The first-order valence-electron chi connectivity index (χ1n) is 11.7. The molecular weight excluding hydrogens is 537 g/mol. The molecule has 1 aliphatic heterocycles. The number of nitrogens with two attached hydrogens (primary N) is 1. The average Bonchev–Trinajstić information content (AvgIpc) is 2.88. The highest BCUT2D eigenvalue weighted by molar-refractivity contribution is 6.31. The Morgan fingerprint density at radius 1 is 1.08 bits per heavy atom. The molecule has 2 aromatic rings. The highest BCUT2D eigenvalue weighted by Crippen LogP contribution is 2.31. The van der Waals surface area contributed by atoms with Gasteiger partial charge in [0.2, 0.25) is 5.91 Å². The smallest absolute Gasteiger partial charge is 0.390 e. The molecule has 1 heterocycles. The standard InChI is InChI=1S/C24H27ClF5N5O3/c25-15-2-4-18(19(11-15)35-9-7-34(8-10-35)6-5-24(28,29)30)33-22(37)16-3-1-14(20(26)21(16)27)12-32-23(38)17(31)13-36/h1-4,11,17,36H,5-10,12-13,31H2,(H,32,38)(H,33,37)/t17-/m0/s1. The van der Waals surface area contributed by atoms with Crippen molar-refractivity contribution >= 4 is 34.8 Å². The summed E-state index contributed by atoms with van der Waals surface area (Å²) in [5, 5.41) is 14.0. The molecule has 0 saturated carbocycles. The summed E-state index contributed by atoms with van der Waals surface area (Å²) in [6.45, 7) is 0.299. The van der Waals surface area contributed by atoms with E-state index < -0.39 is 60.8 Å². The number of nitrogens with zero attached hydrogens (tertiary/aromatic N) is 2. The van der Waals surface area contributed by atoms with Crippen molar-refractivity contribution in [3.05, 3.63) is 58.1 Å². The number of alkyl halides is 3. The fraction of sp³-hybridized carbons (Fsp3) is 0.417. The number of carbonyl (C=O) groups is 2. The number of piperazine rings is 1. The first kappa shape index (κ1) is 29.6. The van der Waals surface area contributed by atoms with Gasteiger partial charge in [-0.05, 0) is 24.3 Å². The Bertz CT molecular complexity index is 1160. The predicted molar refractivity (Wildman–Crippen MR) is 132 cm³/mol. The molecule has 3 rings (SSSR count). The Morgan fingerprint density at radius 3 is 2.39 bits per heavy atom. The van der Waals surface area contributed by atoms with Gasteiger partial charge in [-0.15, -0.1) is 0 Å². The minimum absolute atomic E-state index is 0.116. The molecule has 208 valence electrons. The maximum Gasteiger partial charge on any atom is 0.390 e. The van der Waals surface area contributed by atoms with Gasteiger partial charge in [0.15, 0.2) is 11.6 Å². The van der Waals surface area contributed by atoms with Crippen molar-refractivity contribution < 1.29 is 36.6 Å². The lowest BCUT2D eigenvalue weighted by atomic mass is 10.1. The minimum Gasteiger partial charge on any atom is -0.394 e. The van der Waals surface area contributed by atoms with Crippen LogP contribution in [0.3, 0.4) is 0 Å². The molecule has 0 unspecified atom stereocenters. The molecule has 2 aromatic carbocycles. The van der Waals surface area contributed by atoms with Gasteiger partial charge < -0.3 is 26.4 Å². The summed E-state index contributed by atoms with van der Waals surface area (Å²) >= 11 is 6.13. The molecule has 1 fully saturated rings. The zero-order valence-electron chi connectivity index (χ0n) is 20.1. The highest BCUT2D eigenvalue weighted by atomic mass is 35.5. The predicted octanol–water partition coefficient (Wildman–Crippen LogP) is 2.88. The van der Waals surface area contributed by atoms with Gasteiger partial charge >= 0.3 is 6.18 Å². The summed E-state index contributed by atoms with van der Waals surface area (Å²) < 4.78 is 66.9. The van der Waals surface area contributed by atoms with Crippen LogP contribution in [-0.4, -0.2) is 73.4 Å². The molecule has 1 saturated heterocycles. The van der Waals surface area contributed by atoms with E-state index in [-0.39, 0.29) is 17.8 Å². The van der Waals surface area contributed by atoms with Crippen molar-refractivity contribution in [1.82, 2.24) is 10.2 Å². The summed E-state index contributed by atoms with van der Waals surface area (Å²) in [4.78, 5) is 28.0. The average molecular weight is 564 g/mol. The number of benzene rings is 2. The fourth-order valence-electron chi connectivity index (χ4n) is 3.86. The van der Waals surface area contributed by atoms with Gasteiger partial charge in [-0.2, -0.15) is 13.2 Å². The lowest BCUT2D eigenvalue weighted by Gasteiger charge is -2.37. The van der Waals surface area contributed by atoms with Crippen LogP contribution in [0.2, 0.25) is 5.02 Å². The molecule has 1 atom stereocenters. The number of nitrogens with one attached hydrogen (secondary N) is 2. The van der Waals surface area contributed by atoms with Crippen LogP contribution < -0.4 is 21.3 Å². The van der Waals surface area contributed by atoms with Crippen molar-refractivity contribution in [3.63, 3.8) is 0 Å². The molecule has 0 bridgehead atoms. The van der Waals surface area contributed by atoms with Crippen LogP contribution in [0.15, 0.2) is 30.3 Å². The molecule has 1 aliphatic rings. The second kappa shape index (κ2) is 12.7. The van der Waals surface area contributed by atoms with Gasteiger partial charge in [0.25, 0.3) is 5.91 Å². The molecular formula is C24H27ClF5N5O3. The maximum atomic E-state index is 14.8. The van der Waals surface area contributed by atoms with Crippen molar-refractivity contribution in [2.75, 3.05) is 49.5 Å². The SMILES string of the molecule is N[C@@H](CO)C(=O)NCc1ccc(C(=O)Nc2ccc(Cl)cc2N2CCN(CCC(F)(F)F)CC2)c(F)c1F. The van der Waals surface area contributed by atoms with E-state index in [0.29, 0.717) is 36.9 Å². The Morgan fingerprint density at radius 2 is 1.76 bits per heavy atom. The van der Waals surface area contributed by atoms with E-state index in [0.717, 1.165) is 12.1 Å². The van der Waals surface area contributed by atoms with Crippen LogP contribution in [0, 0.1) is 11.6 Å². The normalized spacial score (nSPS) is 15.3. The molecule has 0 spiro atoms. The van der Waals surface area contributed by atoms with E-state index in [1.165, 1.54) is 12.1 Å². The van der Waals surface area contributed by atoms with Crippen LogP contribution >= 0.6 is 11.6 Å². The zero-order chi connectivity index (χ0) is 28.0. The number of rotatable bonds is 9. The van der Waals surface area contributed by atoms with E-state index in [1.807, 2.05) is 4.90 Å². The number of halogens is 6. The largest absolute Gasteiger partial charge is 0.394 e. The maximum absolute atomic E-state index is 14.8. The van der Waals surface area contributed by atoms with E-state index in [1.54, 1.807) is 11.0 Å². The molecule has 38 heavy (non-hydrogen) atoms. The monoisotopic (exact) mass is 563 g/mol. The van der Waals surface area contributed by atoms with Crippen LogP contribution in [0.1, 0.15) is 22.3 Å². The Hall–Kier alpha value is -3.00. The number of anilines is 2. The fourth-order valence-corrected chi connectivity index (χ4v) is 4.02. The van der Waals surface area contributed by atoms with E-state index in [4.69, 9.17) is 22.4 Å². The Balaban J connectivity index is 1.70. The molecule has 0 radical (unpaired) electrons. The van der Waals surface area contributed by atoms with E-state index in [9.17, 15) is 31.5 Å². The first-order chi connectivity index (χ1) is 17.9. The number of aliphatic hydroxyl groups is 1. The van der Waals surface area contributed by atoms with Crippen LogP contribution in [0.4, 0.5) is 33.3 Å². The lowest BCUT2D eigenvalue weighted by molar-refractivity contribution is -0.138. The van der Waals surface area contributed by atoms with Crippen LogP contribution in [0.25, 0.3) is 0 Å². The minimum atomic E-state index is -4.24. The summed E-state index contributed by atoms with van der Waals surface area (Å²) in [5.74, 6) is -4.45. The molecule has 5 N–H and O–H groups in total. The molecule has 14 heteroatoms. The second-order valence-corrected chi connectivity index (χ2v) is 9.15. The molecule has 2 amide bonds. The van der Waals surface area contributed by atoms with Crippen molar-refractivity contribution in [2.45, 2.75) is 25.2 Å². The van der Waals surface area contributed by atoms with Gasteiger partial charge in [0.05, 0.1) is 30.0 Å². The third-order valence-electron chi connectivity index (χ3n) is 6.03. The van der Waals surface area contributed by atoms with Crippen LogP contribution in [-0.2, 0) is 11.3 Å². The zero-order valence-corrected chi connectivity index (χ0v) is 20.9. The third kappa shape index (κ3) is 7.76. The van der Waals surface area contributed by atoms with Crippen molar-refractivity contribution in [3.8, 4) is 0 Å². The highest BCUT2D eigenvalue weighted by Gasteiger charge is 2.29. The van der Waals surface area contributed by atoms with Gasteiger partial charge in [-0.1, -0.05) is 17.7 Å². The summed E-state index contributed by atoms with van der Waals surface area (Å²) in [6, 6.07) is 5.55.